The van der Waals surface area contributed by atoms with Crippen LogP contribution in [0.5, 0.6) is 5.75 Å². The van der Waals surface area contributed by atoms with Crippen LogP contribution in [-0.4, -0.2) is 17.3 Å². The molecular formula is C17H16ClN3O2. The fourth-order valence-corrected chi connectivity index (χ4v) is 2.46. The minimum absolute atomic E-state index is 0.418. The van der Waals surface area contributed by atoms with E-state index in [1.165, 1.54) is 0 Å². The van der Waals surface area contributed by atoms with Crippen molar-refractivity contribution in [1.82, 2.24) is 10.2 Å². The summed E-state index contributed by atoms with van der Waals surface area (Å²) in [6.45, 7) is 2.43. The van der Waals surface area contributed by atoms with Crippen molar-refractivity contribution in [1.29, 1.82) is 0 Å². The zero-order valence-corrected chi connectivity index (χ0v) is 13.6. The molecule has 1 aromatic heterocycles. The molecule has 0 fully saturated rings. The monoisotopic (exact) mass is 329 g/mol. The molecule has 1 N–H and O–H groups in total. The molecule has 118 valence electrons. The fraction of sp³-hybridized carbons (Fsp3) is 0.176. The van der Waals surface area contributed by atoms with Gasteiger partial charge >= 0.3 is 0 Å². The Morgan fingerprint density at radius 3 is 2.74 bits per heavy atom. The van der Waals surface area contributed by atoms with Gasteiger partial charge in [-0.2, -0.15) is 0 Å². The van der Waals surface area contributed by atoms with E-state index in [9.17, 15) is 0 Å². The third-order valence-corrected chi connectivity index (χ3v) is 3.73. The summed E-state index contributed by atoms with van der Waals surface area (Å²) in [4.78, 5) is 0. The zero-order valence-electron chi connectivity index (χ0n) is 12.8. The van der Waals surface area contributed by atoms with Crippen molar-refractivity contribution in [2.75, 3.05) is 12.4 Å². The van der Waals surface area contributed by atoms with Gasteiger partial charge in [-0.25, -0.2) is 0 Å². The number of ether oxygens (including phenoxy) is 1. The summed E-state index contributed by atoms with van der Waals surface area (Å²) in [6, 6.07) is 13.4. The predicted octanol–water partition coefficient (Wildman–Crippen LogP) is 4.32. The Morgan fingerprint density at radius 2 is 2.00 bits per heavy atom. The van der Waals surface area contributed by atoms with Gasteiger partial charge in [-0.05, 0) is 36.8 Å². The minimum Gasteiger partial charge on any atom is -0.495 e. The molecule has 0 unspecified atom stereocenters. The van der Waals surface area contributed by atoms with Gasteiger partial charge in [-0.1, -0.05) is 29.8 Å². The van der Waals surface area contributed by atoms with Gasteiger partial charge in [0.05, 0.1) is 18.7 Å². The van der Waals surface area contributed by atoms with Crippen LogP contribution < -0.4 is 10.1 Å². The van der Waals surface area contributed by atoms with E-state index < -0.39 is 0 Å². The second kappa shape index (κ2) is 6.71. The highest BCUT2D eigenvalue weighted by Gasteiger charge is 2.10. The molecule has 0 aliphatic rings. The van der Waals surface area contributed by atoms with Gasteiger partial charge in [-0.3, -0.25) is 0 Å². The number of aryl methyl sites for hydroxylation is 1. The topological polar surface area (TPSA) is 60.2 Å². The van der Waals surface area contributed by atoms with Crippen molar-refractivity contribution >= 4 is 17.3 Å². The summed E-state index contributed by atoms with van der Waals surface area (Å²) in [7, 11) is 1.58. The number of nitrogens with one attached hydrogen (secondary N) is 1. The van der Waals surface area contributed by atoms with Crippen molar-refractivity contribution in [3.63, 3.8) is 0 Å². The summed E-state index contributed by atoms with van der Waals surface area (Å²) in [5, 5.41) is 11.9. The van der Waals surface area contributed by atoms with Gasteiger partial charge in [-0.15, -0.1) is 10.2 Å². The number of rotatable bonds is 5. The van der Waals surface area contributed by atoms with Crippen LogP contribution in [0.4, 0.5) is 5.69 Å². The van der Waals surface area contributed by atoms with Crippen molar-refractivity contribution in [2.45, 2.75) is 13.5 Å². The summed E-state index contributed by atoms with van der Waals surface area (Å²) >= 11 is 6.10. The van der Waals surface area contributed by atoms with Crippen LogP contribution in [0.15, 0.2) is 46.9 Å². The molecule has 0 spiro atoms. The molecule has 0 saturated carbocycles. The van der Waals surface area contributed by atoms with Crippen LogP contribution in [0, 0.1) is 6.92 Å². The second-order valence-electron chi connectivity index (χ2n) is 5.02. The molecule has 3 rings (SSSR count). The number of hydrogen-bond donors (Lipinski definition) is 1. The molecule has 23 heavy (non-hydrogen) atoms. The van der Waals surface area contributed by atoms with Gasteiger partial charge in [0.15, 0.2) is 0 Å². The highest BCUT2D eigenvalue weighted by molar-refractivity contribution is 6.32. The molecule has 5 nitrogen and oxygen atoms in total. The summed E-state index contributed by atoms with van der Waals surface area (Å²) < 4.78 is 10.8. The van der Waals surface area contributed by atoms with Crippen LogP contribution in [0.2, 0.25) is 5.02 Å². The van der Waals surface area contributed by atoms with Crippen LogP contribution in [0.1, 0.15) is 11.5 Å². The number of benzene rings is 2. The Kier molecular flexibility index (Phi) is 4.48. The molecule has 6 heteroatoms. The van der Waals surface area contributed by atoms with Crippen LogP contribution in [0.25, 0.3) is 11.5 Å². The number of aromatic nitrogens is 2. The average molecular weight is 330 g/mol. The number of methoxy groups -OCH3 is 1. The highest BCUT2D eigenvalue weighted by Crippen LogP contribution is 2.27. The van der Waals surface area contributed by atoms with Crippen LogP contribution in [0.3, 0.4) is 0 Å². The minimum atomic E-state index is 0.418. The molecule has 0 amide bonds. The lowest BCUT2D eigenvalue weighted by atomic mass is 10.1. The van der Waals surface area contributed by atoms with Crippen molar-refractivity contribution < 1.29 is 9.15 Å². The van der Waals surface area contributed by atoms with E-state index >= 15 is 0 Å². The van der Waals surface area contributed by atoms with E-state index in [4.69, 9.17) is 20.8 Å². The summed E-state index contributed by atoms with van der Waals surface area (Å²) in [6.07, 6.45) is 0. The maximum Gasteiger partial charge on any atom is 0.248 e. The third kappa shape index (κ3) is 3.46. The van der Waals surface area contributed by atoms with Crippen LogP contribution in [-0.2, 0) is 6.54 Å². The predicted molar refractivity (Wildman–Crippen MR) is 89.8 cm³/mol. The van der Waals surface area contributed by atoms with Gasteiger partial charge in [0.2, 0.25) is 11.8 Å². The first-order valence-corrected chi connectivity index (χ1v) is 7.51. The molecule has 0 radical (unpaired) electrons. The maximum absolute atomic E-state index is 6.10. The second-order valence-corrected chi connectivity index (χ2v) is 5.43. The quantitative estimate of drug-likeness (QED) is 0.755. The van der Waals surface area contributed by atoms with E-state index in [2.05, 4.69) is 15.5 Å². The van der Waals surface area contributed by atoms with Crippen molar-refractivity contribution in [3.05, 3.63) is 58.9 Å². The average Bonchev–Trinajstić information content (AvgIpc) is 3.02. The van der Waals surface area contributed by atoms with Gasteiger partial charge < -0.3 is 14.5 Å². The lowest BCUT2D eigenvalue weighted by molar-refractivity contribution is 0.415. The fourth-order valence-electron chi connectivity index (χ4n) is 2.20. The standard InChI is InChI=1S/C17H16ClN3O2/c1-11-5-3-4-6-13(11)17-21-20-16(23-17)10-19-12-7-8-15(22-2)14(18)9-12/h3-9,19H,10H2,1-2H3. The Bertz CT molecular complexity index is 817. The molecule has 0 aliphatic carbocycles. The summed E-state index contributed by atoms with van der Waals surface area (Å²) in [5.41, 5.74) is 2.89. The molecule has 0 aliphatic heterocycles. The molecule has 1 heterocycles. The number of halogens is 1. The lowest BCUT2D eigenvalue weighted by Gasteiger charge is -2.07. The SMILES string of the molecule is COc1ccc(NCc2nnc(-c3ccccc3C)o2)cc1Cl. The Hall–Kier alpha value is -2.53. The van der Waals surface area contributed by atoms with Gasteiger partial charge in [0, 0.05) is 11.3 Å². The van der Waals surface area contributed by atoms with Gasteiger partial charge in [0.1, 0.15) is 5.75 Å². The van der Waals surface area contributed by atoms with Crippen molar-refractivity contribution in [2.24, 2.45) is 0 Å². The normalized spacial score (nSPS) is 10.6. The van der Waals surface area contributed by atoms with E-state index in [1.807, 2.05) is 37.3 Å². The molecular weight excluding hydrogens is 314 g/mol. The number of anilines is 1. The van der Waals surface area contributed by atoms with E-state index in [0.29, 0.717) is 29.1 Å². The molecule has 0 bridgehead atoms. The molecule has 2 aromatic carbocycles. The number of nitrogens with zero attached hydrogens (tertiary/aromatic N) is 2. The highest BCUT2D eigenvalue weighted by atomic mass is 35.5. The molecule has 3 aromatic rings. The van der Waals surface area contributed by atoms with Gasteiger partial charge in [0.25, 0.3) is 0 Å². The smallest absolute Gasteiger partial charge is 0.248 e. The Labute approximate surface area is 139 Å². The molecule has 0 saturated heterocycles. The first kappa shape index (κ1) is 15.4. The first-order chi connectivity index (χ1) is 11.2. The van der Waals surface area contributed by atoms with E-state index in [1.54, 1.807) is 19.2 Å². The summed E-state index contributed by atoms with van der Waals surface area (Å²) in [5.74, 6) is 1.67. The lowest BCUT2D eigenvalue weighted by Crippen LogP contribution is -1.99. The molecule has 0 atom stereocenters. The Balaban J connectivity index is 1.70. The van der Waals surface area contributed by atoms with E-state index in [-0.39, 0.29) is 0 Å². The maximum atomic E-state index is 6.10. The largest absolute Gasteiger partial charge is 0.495 e. The Morgan fingerprint density at radius 1 is 1.17 bits per heavy atom. The third-order valence-electron chi connectivity index (χ3n) is 3.44. The zero-order chi connectivity index (χ0) is 16.2. The number of hydrogen-bond acceptors (Lipinski definition) is 5. The van der Waals surface area contributed by atoms with Crippen LogP contribution >= 0.6 is 11.6 Å². The first-order valence-electron chi connectivity index (χ1n) is 7.13. The van der Waals surface area contributed by atoms with E-state index in [0.717, 1.165) is 16.8 Å². The van der Waals surface area contributed by atoms with Crippen molar-refractivity contribution in [3.8, 4) is 17.2 Å².